The molecule has 3 rings (SSSR count). The van der Waals surface area contributed by atoms with E-state index in [9.17, 15) is 5.11 Å². The summed E-state index contributed by atoms with van der Waals surface area (Å²) >= 11 is 0. The highest BCUT2D eigenvalue weighted by Gasteiger charge is 2.19. The molecule has 0 bridgehead atoms. The van der Waals surface area contributed by atoms with Crippen LogP contribution in [-0.2, 0) is 7.05 Å². The van der Waals surface area contributed by atoms with Gasteiger partial charge in [0.25, 0.3) is 0 Å². The summed E-state index contributed by atoms with van der Waals surface area (Å²) in [5.41, 5.74) is 3.55. The summed E-state index contributed by atoms with van der Waals surface area (Å²) in [5.74, 6) is 0.553. The molecule has 0 saturated carbocycles. The Kier molecular flexibility index (Phi) is 2.68. The van der Waals surface area contributed by atoms with E-state index in [4.69, 9.17) is 4.42 Å². The van der Waals surface area contributed by atoms with Crippen molar-refractivity contribution in [3.05, 3.63) is 53.0 Å². The SMILES string of the molecule is Cc1ccc2oc(C(O)c3cn(C)nc3C)cc2c1. The number of nitrogens with zero attached hydrogens (tertiary/aromatic N) is 2. The van der Waals surface area contributed by atoms with Crippen molar-refractivity contribution >= 4 is 11.0 Å². The van der Waals surface area contributed by atoms with Crippen molar-refractivity contribution in [2.24, 2.45) is 7.05 Å². The predicted molar refractivity (Wildman–Crippen MR) is 73.0 cm³/mol. The molecule has 2 heterocycles. The second kappa shape index (κ2) is 4.24. The minimum atomic E-state index is -0.776. The third kappa shape index (κ3) is 2.04. The molecule has 2 aromatic heterocycles. The summed E-state index contributed by atoms with van der Waals surface area (Å²) in [5, 5.41) is 15.7. The van der Waals surface area contributed by atoms with Crippen LogP contribution in [0.5, 0.6) is 0 Å². The lowest BCUT2D eigenvalue weighted by Crippen LogP contribution is -1.98. The van der Waals surface area contributed by atoms with E-state index in [1.807, 2.05) is 51.4 Å². The Bertz CT molecular complexity index is 740. The third-order valence-electron chi connectivity index (χ3n) is 3.31. The quantitative estimate of drug-likeness (QED) is 0.767. The van der Waals surface area contributed by atoms with Gasteiger partial charge in [-0.3, -0.25) is 4.68 Å². The molecule has 0 spiro atoms. The van der Waals surface area contributed by atoms with Crippen LogP contribution in [0.1, 0.15) is 28.7 Å². The minimum absolute atomic E-state index is 0.553. The molecule has 0 aliphatic carbocycles. The van der Waals surface area contributed by atoms with Crippen LogP contribution in [0.2, 0.25) is 0 Å². The molecule has 98 valence electrons. The van der Waals surface area contributed by atoms with E-state index < -0.39 is 6.10 Å². The first-order valence-corrected chi connectivity index (χ1v) is 6.23. The zero-order chi connectivity index (χ0) is 13.6. The van der Waals surface area contributed by atoms with Crippen LogP contribution in [0.3, 0.4) is 0 Å². The number of aromatic nitrogens is 2. The van der Waals surface area contributed by atoms with Gasteiger partial charge in [-0.25, -0.2) is 0 Å². The molecule has 0 radical (unpaired) electrons. The average Bonchev–Trinajstić information content (AvgIpc) is 2.91. The van der Waals surface area contributed by atoms with Gasteiger partial charge >= 0.3 is 0 Å². The number of furan rings is 1. The van der Waals surface area contributed by atoms with Gasteiger partial charge < -0.3 is 9.52 Å². The lowest BCUT2D eigenvalue weighted by Gasteiger charge is -2.05. The zero-order valence-electron chi connectivity index (χ0n) is 11.2. The summed E-state index contributed by atoms with van der Waals surface area (Å²) in [6.45, 7) is 3.92. The Labute approximate surface area is 111 Å². The summed E-state index contributed by atoms with van der Waals surface area (Å²) in [6.07, 6.45) is 1.04. The van der Waals surface area contributed by atoms with Gasteiger partial charge in [-0.1, -0.05) is 11.6 Å². The molecular weight excluding hydrogens is 240 g/mol. The van der Waals surface area contributed by atoms with Gasteiger partial charge in [0, 0.05) is 24.2 Å². The smallest absolute Gasteiger partial charge is 0.140 e. The van der Waals surface area contributed by atoms with Crippen LogP contribution in [0.4, 0.5) is 0 Å². The van der Waals surface area contributed by atoms with Crippen LogP contribution in [0.15, 0.2) is 34.9 Å². The van der Waals surface area contributed by atoms with E-state index in [0.29, 0.717) is 5.76 Å². The van der Waals surface area contributed by atoms with Crippen molar-refractivity contribution in [1.29, 1.82) is 0 Å². The monoisotopic (exact) mass is 256 g/mol. The molecule has 1 N–H and O–H groups in total. The van der Waals surface area contributed by atoms with E-state index in [-0.39, 0.29) is 0 Å². The number of benzene rings is 1. The summed E-state index contributed by atoms with van der Waals surface area (Å²) in [7, 11) is 1.84. The van der Waals surface area contributed by atoms with Crippen molar-refractivity contribution in [2.75, 3.05) is 0 Å². The van der Waals surface area contributed by atoms with Crippen LogP contribution in [0.25, 0.3) is 11.0 Å². The number of aliphatic hydroxyl groups excluding tert-OH is 1. The van der Waals surface area contributed by atoms with Crippen LogP contribution < -0.4 is 0 Å². The van der Waals surface area contributed by atoms with Crippen molar-refractivity contribution < 1.29 is 9.52 Å². The first kappa shape index (κ1) is 12.0. The van der Waals surface area contributed by atoms with Crippen molar-refractivity contribution in [3.63, 3.8) is 0 Å². The standard InChI is InChI=1S/C15H16N2O2/c1-9-4-5-13-11(6-9)7-14(19-13)15(18)12-8-17(3)16-10(12)2/h4-8,15,18H,1-3H3. The Morgan fingerprint density at radius 2 is 2.05 bits per heavy atom. The number of aliphatic hydroxyl groups is 1. The molecule has 19 heavy (non-hydrogen) atoms. The van der Waals surface area contributed by atoms with Gasteiger partial charge in [0.05, 0.1) is 5.69 Å². The molecule has 0 saturated heterocycles. The molecule has 4 heteroatoms. The summed E-state index contributed by atoms with van der Waals surface area (Å²) in [6, 6.07) is 7.86. The second-order valence-electron chi connectivity index (χ2n) is 4.94. The molecule has 3 aromatic rings. The van der Waals surface area contributed by atoms with Gasteiger partial charge in [-0.05, 0) is 32.0 Å². The number of fused-ring (bicyclic) bond motifs is 1. The Morgan fingerprint density at radius 1 is 1.26 bits per heavy atom. The summed E-state index contributed by atoms with van der Waals surface area (Å²) in [4.78, 5) is 0. The van der Waals surface area contributed by atoms with Crippen LogP contribution in [0, 0.1) is 13.8 Å². The second-order valence-corrected chi connectivity index (χ2v) is 4.94. The van der Waals surface area contributed by atoms with E-state index in [0.717, 1.165) is 22.2 Å². The Balaban J connectivity index is 2.06. The highest BCUT2D eigenvalue weighted by Crippen LogP contribution is 2.29. The van der Waals surface area contributed by atoms with Crippen LogP contribution >= 0.6 is 0 Å². The molecule has 0 fully saturated rings. The number of hydrogen-bond acceptors (Lipinski definition) is 3. The predicted octanol–water partition coefficient (Wildman–Crippen LogP) is 2.86. The Hall–Kier alpha value is -2.07. The van der Waals surface area contributed by atoms with Gasteiger partial charge in [0.2, 0.25) is 0 Å². The largest absolute Gasteiger partial charge is 0.458 e. The first-order chi connectivity index (χ1) is 9.04. The van der Waals surface area contributed by atoms with Crippen molar-refractivity contribution in [3.8, 4) is 0 Å². The van der Waals surface area contributed by atoms with Crippen LogP contribution in [-0.4, -0.2) is 14.9 Å². The van der Waals surface area contributed by atoms with E-state index >= 15 is 0 Å². The molecule has 1 unspecified atom stereocenters. The fourth-order valence-electron chi connectivity index (χ4n) is 2.36. The summed E-state index contributed by atoms with van der Waals surface area (Å²) < 4.78 is 7.41. The number of hydrogen-bond donors (Lipinski definition) is 1. The lowest BCUT2D eigenvalue weighted by atomic mass is 10.1. The number of rotatable bonds is 2. The lowest BCUT2D eigenvalue weighted by molar-refractivity contribution is 0.191. The van der Waals surface area contributed by atoms with Gasteiger partial charge in [0.15, 0.2) is 0 Å². The molecule has 4 nitrogen and oxygen atoms in total. The maximum absolute atomic E-state index is 10.4. The third-order valence-corrected chi connectivity index (χ3v) is 3.31. The van der Waals surface area contributed by atoms with Crippen molar-refractivity contribution in [2.45, 2.75) is 20.0 Å². The molecule has 1 aromatic carbocycles. The van der Waals surface area contributed by atoms with E-state index in [2.05, 4.69) is 5.10 Å². The molecule has 0 aliphatic rings. The zero-order valence-corrected chi connectivity index (χ0v) is 11.2. The molecule has 0 aliphatic heterocycles. The van der Waals surface area contributed by atoms with Gasteiger partial charge in [-0.15, -0.1) is 0 Å². The normalized spacial score (nSPS) is 13.1. The topological polar surface area (TPSA) is 51.2 Å². The highest BCUT2D eigenvalue weighted by atomic mass is 16.4. The molecule has 1 atom stereocenters. The first-order valence-electron chi connectivity index (χ1n) is 6.23. The fraction of sp³-hybridized carbons (Fsp3) is 0.267. The highest BCUT2D eigenvalue weighted by molar-refractivity contribution is 5.78. The minimum Gasteiger partial charge on any atom is -0.458 e. The molecular formula is C15H16N2O2. The van der Waals surface area contributed by atoms with Gasteiger partial charge in [-0.2, -0.15) is 5.10 Å². The maximum Gasteiger partial charge on any atom is 0.140 e. The Morgan fingerprint density at radius 3 is 2.74 bits per heavy atom. The molecule has 0 amide bonds. The van der Waals surface area contributed by atoms with Gasteiger partial charge in [0.1, 0.15) is 17.4 Å². The maximum atomic E-state index is 10.4. The van der Waals surface area contributed by atoms with Crippen molar-refractivity contribution in [1.82, 2.24) is 9.78 Å². The average molecular weight is 256 g/mol. The van der Waals surface area contributed by atoms with E-state index in [1.54, 1.807) is 4.68 Å². The fourth-order valence-corrected chi connectivity index (χ4v) is 2.36. The van der Waals surface area contributed by atoms with E-state index in [1.165, 1.54) is 5.56 Å². The number of aryl methyl sites for hydroxylation is 3.